The van der Waals surface area contributed by atoms with Crippen LogP contribution in [0.4, 0.5) is 0 Å². The van der Waals surface area contributed by atoms with Gasteiger partial charge in [-0.3, -0.25) is 0 Å². The standard InChI is InChI=1S/C15H15Cl2NO2/c1-19-14-7-12(16)11(6-13(14)17)10-4-5-20-15(10)8-18-9-2-3-9/h4-7,9,18H,2-3,8H2,1H3. The Morgan fingerprint density at radius 1 is 1.25 bits per heavy atom. The van der Waals surface area contributed by atoms with E-state index in [9.17, 15) is 0 Å². The molecular formula is C15H15Cl2NO2. The zero-order chi connectivity index (χ0) is 14.1. The molecule has 20 heavy (non-hydrogen) atoms. The van der Waals surface area contributed by atoms with E-state index in [0.29, 0.717) is 28.4 Å². The van der Waals surface area contributed by atoms with Gasteiger partial charge in [-0.15, -0.1) is 0 Å². The average Bonchev–Trinajstić information content (AvgIpc) is 3.16. The highest BCUT2D eigenvalue weighted by atomic mass is 35.5. The molecule has 1 aliphatic rings. The van der Waals surface area contributed by atoms with Crippen molar-refractivity contribution in [3.63, 3.8) is 0 Å². The van der Waals surface area contributed by atoms with Crippen LogP contribution in [0.15, 0.2) is 28.9 Å². The topological polar surface area (TPSA) is 34.4 Å². The molecule has 0 radical (unpaired) electrons. The Balaban J connectivity index is 1.91. The zero-order valence-corrected chi connectivity index (χ0v) is 12.6. The highest BCUT2D eigenvalue weighted by Crippen LogP contribution is 2.38. The molecule has 2 aromatic rings. The lowest BCUT2D eigenvalue weighted by Gasteiger charge is -2.09. The van der Waals surface area contributed by atoms with Crippen molar-refractivity contribution < 1.29 is 9.15 Å². The quantitative estimate of drug-likeness (QED) is 0.882. The molecule has 3 rings (SSSR count). The highest BCUT2D eigenvalue weighted by molar-refractivity contribution is 6.36. The van der Waals surface area contributed by atoms with E-state index in [1.807, 2.05) is 12.1 Å². The SMILES string of the molecule is COc1cc(Cl)c(-c2ccoc2CNC2CC2)cc1Cl. The predicted molar refractivity (Wildman–Crippen MR) is 80.6 cm³/mol. The van der Waals surface area contributed by atoms with Crippen LogP contribution < -0.4 is 10.1 Å². The Kier molecular flexibility index (Phi) is 3.92. The van der Waals surface area contributed by atoms with Crippen molar-refractivity contribution in [2.45, 2.75) is 25.4 Å². The third kappa shape index (κ3) is 2.80. The number of furan rings is 1. The van der Waals surface area contributed by atoms with Gasteiger partial charge >= 0.3 is 0 Å². The number of rotatable bonds is 5. The smallest absolute Gasteiger partial charge is 0.138 e. The van der Waals surface area contributed by atoms with E-state index >= 15 is 0 Å². The minimum Gasteiger partial charge on any atom is -0.495 e. The van der Waals surface area contributed by atoms with E-state index in [4.69, 9.17) is 32.4 Å². The Bertz CT molecular complexity index is 620. The van der Waals surface area contributed by atoms with Crippen LogP contribution >= 0.6 is 23.2 Å². The van der Waals surface area contributed by atoms with E-state index in [2.05, 4.69) is 5.32 Å². The number of nitrogens with one attached hydrogen (secondary N) is 1. The molecule has 0 spiro atoms. The van der Waals surface area contributed by atoms with Gasteiger partial charge in [0, 0.05) is 23.2 Å². The second kappa shape index (κ2) is 5.68. The molecule has 1 N–H and O–H groups in total. The third-order valence-electron chi connectivity index (χ3n) is 3.41. The highest BCUT2D eigenvalue weighted by Gasteiger charge is 2.22. The molecule has 1 saturated carbocycles. The first-order valence-electron chi connectivity index (χ1n) is 6.52. The molecule has 1 aromatic carbocycles. The number of hydrogen-bond acceptors (Lipinski definition) is 3. The average molecular weight is 312 g/mol. The Labute approximate surface area is 127 Å². The van der Waals surface area contributed by atoms with Crippen molar-refractivity contribution in [2.24, 2.45) is 0 Å². The maximum Gasteiger partial charge on any atom is 0.138 e. The third-order valence-corrected chi connectivity index (χ3v) is 4.01. The van der Waals surface area contributed by atoms with Gasteiger partial charge in [-0.25, -0.2) is 0 Å². The Morgan fingerprint density at radius 2 is 2.05 bits per heavy atom. The summed E-state index contributed by atoms with van der Waals surface area (Å²) in [7, 11) is 1.57. The molecule has 1 fully saturated rings. The molecular weight excluding hydrogens is 297 g/mol. The molecule has 3 nitrogen and oxygen atoms in total. The predicted octanol–water partition coefficient (Wildman–Crippen LogP) is 4.51. The van der Waals surface area contributed by atoms with E-state index < -0.39 is 0 Å². The molecule has 106 valence electrons. The molecule has 0 saturated heterocycles. The van der Waals surface area contributed by atoms with E-state index in [1.165, 1.54) is 12.8 Å². The van der Waals surface area contributed by atoms with Gasteiger partial charge in [0.05, 0.1) is 30.0 Å². The second-order valence-electron chi connectivity index (χ2n) is 4.88. The van der Waals surface area contributed by atoms with E-state index in [-0.39, 0.29) is 0 Å². The van der Waals surface area contributed by atoms with Crippen LogP contribution in [-0.4, -0.2) is 13.2 Å². The summed E-state index contributed by atoms with van der Waals surface area (Å²) in [5.74, 6) is 1.45. The first kappa shape index (κ1) is 13.8. The molecule has 0 amide bonds. The van der Waals surface area contributed by atoms with Crippen molar-refractivity contribution >= 4 is 23.2 Å². The van der Waals surface area contributed by atoms with Crippen LogP contribution in [0.2, 0.25) is 10.0 Å². The summed E-state index contributed by atoms with van der Waals surface area (Å²) >= 11 is 12.5. The molecule has 1 heterocycles. The van der Waals surface area contributed by atoms with Gasteiger partial charge in [0.15, 0.2) is 0 Å². The molecule has 0 bridgehead atoms. The number of hydrogen-bond donors (Lipinski definition) is 1. The summed E-state index contributed by atoms with van der Waals surface area (Å²) in [4.78, 5) is 0. The Morgan fingerprint density at radius 3 is 2.75 bits per heavy atom. The second-order valence-corrected chi connectivity index (χ2v) is 5.69. The number of ether oxygens (including phenoxy) is 1. The van der Waals surface area contributed by atoms with Gasteiger partial charge in [-0.2, -0.15) is 0 Å². The van der Waals surface area contributed by atoms with Gasteiger partial charge in [0.25, 0.3) is 0 Å². The summed E-state index contributed by atoms with van der Waals surface area (Å²) in [5, 5.41) is 4.57. The lowest BCUT2D eigenvalue weighted by atomic mass is 10.1. The van der Waals surface area contributed by atoms with Gasteiger partial charge in [-0.1, -0.05) is 23.2 Å². The largest absolute Gasteiger partial charge is 0.495 e. The number of halogens is 2. The molecule has 1 aromatic heterocycles. The summed E-state index contributed by atoms with van der Waals surface area (Å²) < 4.78 is 10.7. The van der Waals surface area contributed by atoms with Gasteiger partial charge in [0.1, 0.15) is 11.5 Å². The van der Waals surface area contributed by atoms with Gasteiger partial charge in [-0.05, 0) is 25.0 Å². The fourth-order valence-corrected chi connectivity index (χ4v) is 2.63. The van der Waals surface area contributed by atoms with E-state index in [0.717, 1.165) is 16.9 Å². The fraction of sp³-hybridized carbons (Fsp3) is 0.333. The monoisotopic (exact) mass is 311 g/mol. The summed E-state index contributed by atoms with van der Waals surface area (Å²) in [6, 6.07) is 6.08. The van der Waals surface area contributed by atoms with Crippen molar-refractivity contribution in [2.75, 3.05) is 7.11 Å². The summed E-state index contributed by atoms with van der Waals surface area (Å²) in [5.41, 5.74) is 1.83. The van der Waals surface area contributed by atoms with Crippen LogP contribution in [0.1, 0.15) is 18.6 Å². The van der Waals surface area contributed by atoms with Crippen LogP contribution in [0, 0.1) is 0 Å². The Hall–Kier alpha value is -1.16. The first-order chi connectivity index (χ1) is 9.69. The van der Waals surface area contributed by atoms with Crippen LogP contribution in [0.3, 0.4) is 0 Å². The minimum atomic E-state index is 0.536. The lowest BCUT2D eigenvalue weighted by molar-refractivity contribution is 0.415. The van der Waals surface area contributed by atoms with Gasteiger partial charge in [0.2, 0.25) is 0 Å². The van der Waals surface area contributed by atoms with Crippen LogP contribution in [0.5, 0.6) is 5.75 Å². The molecule has 0 aliphatic heterocycles. The number of benzene rings is 1. The minimum absolute atomic E-state index is 0.536. The summed E-state index contributed by atoms with van der Waals surface area (Å²) in [6.07, 6.45) is 4.16. The zero-order valence-electron chi connectivity index (χ0n) is 11.1. The summed E-state index contributed by atoms with van der Waals surface area (Å²) in [6.45, 7) is 0.701. The van der Waals surface area contributed by atoms with Crippen LogP contribution in [0.25, 0.3) is 11.1 Å². The lowest BCUT2D eigenvalue weighted by Crippen LogP contribution is -2.15. The fourth-order valence-electron chi connectivity index (χ4n) is 2.13. The van der Waals surface area contributed by atoms with Gasteiger partial charge < -0.3 is 14.5 Å². The molecule has 5 heteroatoms. The normalized spacial score (nSPS) is 14.6. The first-order valence-corrected chi connectivity index (χ1v) is 7.28. The molecule has 1 aliphatic carbocycles. The molecule has 0 atom stereocenters. The van der Waals surface area contributed by atoms with E-state index in [1.54, 1.807) is 19.4 Å². The maximum absolute atomic E-state index is 6.32. The van der Waals surface area contributed by atoms with Crippen LogP contribution in [-0.2, 0) is 6.54 Å². The maximum atomic E-state index is 6.32. The van der Waals surface area contributed by atoms with Crippen molar-refractivity contribution in [1.82, 2.24) is 5.32 Å². The number of methoxy groups -OCH3 is 1. The molecule has 0 unspecified atom stereocenters. The van der Waals surface area contributed by atoms with Crippen molar-refractivity contribution in [3.05, 3.63) is 40.3 Å². The van der Waals surface area contributed by atoms with Crippen molar-refractivity contribution in [3.8, 4) is 16.9 Å². The van der Waals surface area contributed by atoms with Crippen molar-refractivity contribution in [1.29, 1.82) is 0 Å².